The molecule has 0 aromatic heterocycles. The second-order valence-electron chi connectivity index (χ2n) is 8.25. The number of hydrogen-bond acceptors (Lipinski definition) is 4. The molecule has 156 valence electrons. The van der Waals surface area contributed by atoms with Crippen LogP contribution in [-0.2, 0) is 31.1 Å². The van der Waals surface area contributed by atoms with E-state index < -0.39 is 16.8 Å². The Bertz CT molecular complexity index is 942. The summed E-state index contributed by atoms with van der Waals surface area (Å²) in [4.78, 5) is 41.9. The van der Waals surface area contributed by atoms with Crippen LogP contribution in [0.3, 0.4) is 0 Å². The Labute approximate surface area is 177 Å². The monoisotopic (exact) mass is 405 g/mol. The van der Waals surface area contributed by atoms with Crippen LogP contribution in [-0.4, -0.2) is 35.7 Å². The van der Waals surface area contributed by atoms with Crippen LogP contribution in [0.25, 0.3) is 0 Å². The molecule has 0 N–H and O–H groups in total. The van der Waals surface area contributed by atoms with E-state index in [2.05, 4.69) is 0 Å². The molecular weight excluding hydrogens is 378 g/mol. The van der Waals surface area contributed by atoms with Gasteiger partial charge in [-0.25, -0.2) is 0 Å². The van der Waals surface area contributed by atoms with Crippen molar-refractivity contribution in [2.24, 2.45) is 5.41 Å². The van der Waals surface area contributed by atoms with Crippen LogP contribution in [0.5, 0.6) is 0 Å². The molecule has 2 aromatic carbocycles. The first kappa shape index (κ1) is 20.3. The van der Waals surface area contributed by atoms with Gasteiger partial charge in [0.25, 0.3) is 0 Å². The number of Topliss-reactive ketones (excluding diaryl/α,β-unsaturated/α-hetero) is 1. The fourth-order valence-electron chi connectivity index (χ4n) is 5.30. The van der Waals surface area contributed by atoms with Gasteiger partial charge in [-0.1, -0.05) is 60.7 Å². The van der Waals surface area contributed by atoms with E-state index in [1.807, 2.05) is 60.7 Å². The molecule has 0 spiro atoms. The standard InChI is InChI=1S/C25H27NO4/c1-2-30-23(29)25-14-13-21(27)17-24(25,20-11-7-4-8-12-20)15-16-26(22(25)28)18-19-9-5-3-6-10-19/h3-12H,2,13-18H2,1H3. The molecule has 2 aliphatic rings. The van der Waals surface area contributed by atoms with Crippen molar-refractivity contribution in [3.8, 4) is 0 Å². The van der Waals surface area contributed by atoms with Crippen LogP contribution in [0.2, 0.25) is 0 Å². The van der Waals surface area contributed by atoms with Crippen LogP contribution in [0, 0.1) is 5.41 Å². The van der Waals surface area contributed by atoms with Crippen LogP contribution >= 0.6 is 0 Å². The minimum atomic E-state index is -1.37. The molecule has 5 heteroatoms. The van der Waals surface area contributed by atoms with E-state index in [4.69, 9.17) is 4.74 Å². The third-order valence-electron chi connectivity index (χ3n) is 6.72. The van der Waals surface area contributed by atoms with E-state index in [9.17, 15) is 14.4 Å². The molecule has 2 atom stereocenters. The quantitative estimate of drug-likeness (QED) is 0.563. The first-order valence-electron chi connectivity index (χ1n) is 10.6. The topological polar surface area (TPSA) is 63.7 Å². The number of benzene rings is 2. The second kappa shape index (κ2) is 8.05. The van der Waals surface area contributed by atoms with Crippen molar-refractivity contribution < 1.29 is 19.1 Å². The summed E-state index contributed by atoms with van der Waals surface area (Å²) in [6.45, 7) is 2.89. The number of ether oxygens (including phenoxy) is 1. The smallest absolute Gasteiger partial charge is 0.322 e. The lowest BCUT2D eigenvalue weighted by atomic mass is 9.49. The number of rotatable bonds is 5. The molecule has 2 unspecified atom stereocenters. The van der Waals surface area contributed by atoms with Gasteiger partial charge in [0.2, 0.25) is 5.91 Å². The summed E-state index contributed by atoms with van der Waals surface area (Å²) < 4.78 is 5.49. The Morgan fingerprint density at radius 2 is 1.67 bits per heavy atom. The highest BCUT2D eigenvalue weighted by Gasteiger charge is 2.68. The van der Waals surface area contributed by atoms with Gasteiger partial charge in [0.1, 0.15) is 5.78 Å². The van der Waals surface area contributed by atoms with Crippen molar-refractivity contribution >= 4 is 17.7 Å². The number of esters is 1. The summed E-state index contributed by atoms with van der Waals surface area (Å²) in [5.41, 5.74) is -0.339. The van der Waals surface area contributed by atoms with Gasteiger partial charge in [-0.15, -0.1) is 0 Å². The van der Waals surface area contributed by atoms with Crippen LogP contribution in [0.4, 0.5) is 0 Å². The average molecular weight is 405 g/mol. The Kier molecular flexibility index (Phi) is 5.46. The highest BCUT2D eigenvalue weighted by atomic mass is 16.5. The number of ketones is 1. The minimum Gasteiger partial charge on any atom is -0.465 e. The summed E-state index contributed by atoms with van der Waals surface area (Å²) in [5, 5.41) is 0. The molecule has 1 amide bonds. The summed E-state index contributed by atoms with van der Waals surface area (Å²) in [5.74, 6) is -0.611. The Morgan fingerprint density at radius 3 is 2.33 bits per heavy atom. The van der Waals surface area contributed by atoms with Crippen LogP contribution in [0.15, 0.2) is 60.7 Å². The number of likely N-dealkylation sites (tertiary alicyclic amines) is 1. The first-order valence-corrected chi connectivity index (χ1v) is 10.6. The van der Waals surface area contributed by atoms with Crippen molar-refractivity contribution in [3.63, 3.8) is 0 Å². The van der Waals surface area contributed by atoms with Crippen LogP contribution in [0.1, 0.15) is 43.7 Å². The largest absolute Gasteiger partial charge is 0.465 e. The summed E-state index contributed by atoms with van der Waals surface area (Å²) in [6, 6.07) is 19.4. The SMILES string of the molecule is CCOC(=O)C12CCC(=O)CC1(c1ccccc1)CCN(Cc1ccccc1)C2=O. The van der Waals surface area contributed by atoms with Gasteiger partial charge in [0.15, 0.2) is 5.41 Å². The van der Waals surface area contributed by atoms with Gasteiger partial charge in [0, 0.05) is 31.3 Å². The second-order valence-corrected chi connectivity index (χ2v) is 8.25. The number of hydrogen-bond donors (Lipinski definition) is 0. The molecular formula is C25H27NO4. The lowest BCUT2D eigenvalue weighted by Crippen LogP contribution is -2.67. The van der Waals surface area contributed by atoms with Gasteiger partial charge in [-0.2, -0.15) is 0 Å². The van der Waals surface area contributed by atoms with Crippen molar-refractivity contribution in [1.82, 2.24) is 4.90 Å². The maximum absolute atomic E-state index is 14.0. The molecule has 30 heavy (non-hydrogen) atoms. The van der Waals surface area contributed by atoms with Crippen molar-refractivity contribution in [2.45, 2.75) is 44.6 Å². The number of nitrogens with zero attached hydrogens (tertiary/aromatic N) is 1. The zero-order valence-corrected chi connectivity index (χ0v) is 17.3. The third-order valence-corrected chi connectivity index (χ3v) is 6.72. The maximum Gasteiger partial charge on any atom is 0.322 e. The Morgan fingerprint density at radius 1 is 1.00 bits per heavy atom. The fourth-order valence-corrected chi connectivity index (χ4v) is 5.30. The third kappa shape index (κ3) is 3.13. The predicted molar refractivity (Wildman–Crippen MR) is 113 cm³/mol. The van der Waals surface area contributed by atoms with Gasteiger partial charge >= 0.3 is 5.97 Å². The number of piperidine rings is 1. The number of carbonyl (C=O) groups excluding carboxylic acids is 3. The molecule has 1 aliphatic carbocycles. The molecule has 1 saturated carbocycles. The van der Waals surface area contributed by atoms with Gasteiger partial charge in [0.05, 0.1) is 6.61 Å². The number of amides is 1. The van der Waals surface area contributed by atoms with E-state index >= 15 is 0 Å². The molecule has 0 radical (unpaired) electrons. The normalized spacial score (nSPS) is 26.2. The molecule has 0 bridgehead atoms. The molecule has 1 aliphatic heterocycles. The highest BCUT2D eigenvalue weighted by Crippen LogP contribution is 2.57. The zero-order valence-electron chi connectivity index (χ0n) is 17.3. The van der Waals surface area contributed by atoms with Crippen molar-refractivity contribution in [1.29, 1.82) is 0 Å². The van der Waals surface area contributed by atoms with E-state index in [1.54, 1.807) is 11.8 Å². The molecule has 5 nitrogen and oxygen atoms in total. The number of fused-ring (bicyclic) bond motifs is 1. The predicted octanol–water partition coefficient (Wildman–Crippen LogP) is 3.66. The van der Waals surface area contributed by atoms with Gasteiger partial charge in [-0.05, 0) is 30.9 Å². The summed E-state index contributed by atoms with van der Waals surface area (Å²) in [6.07, 6.45) is 1.17. The van der Waals surface area contributed by atoms with Gasteiger partial charge in [-0.3, -0.25) is 14.4 Å². The summed E-state index contributed by atoms with van der Waals surface area (Å²) >= 11 is 0. The molecule has 4 rings (SSSR count). The summed E-state index contributed by atoms with van der Waals surface area (Å²) in [7, 11) is 0. The van der Waals surface area contributed by atoms with Crippen LogP contribution < -0.4 is 0 Å². The van der Waals surface area contributed by atoms with Crippen molar-refractivity contribution in [2.75, 3.05) is 13.2 Å². The first-order chi connectivity index (χ1) is 14.5. The van der Waals surface area contributed by atoms with Crippen molar-refractivity contribution in [3.05, 3.63) is 71.8 Å². The Hall–Kier alpha value is -2.95. The number of carbonyl (C=O) groups is 3. The maximum atomic E-state index is 14.0. The lowest BCUT2D eigenvalue weighted by molar-refractivity contribution is -0.181. The van der Waals surface area contributed by atoms with E-state index in [0.29, 0.717) is 19.5 Å². The Balaban J connectivity index is 1.82. The van der Waals surface area contributed by atoms with Gasteiger partial charge < -0.3 is 9.64 Å². The molecule has 2 fully saturated rings. The highest BCUT2D eigenvalue weighted by molar-refractivity contribution is 6.07. The minimum absolute atomic E-state index is 0.100. The van der Waals surface area contributed by atoms with E-state index in [-0.39, 0.29) is 37.6 Å². The fraction of sp³-hybridized carbons (Fsp3) is 0.400. The molecule has 1 heterocycles. The zero-order chi connectivity index (χ0) is 21.2. The average Bonchev–Trinajstić information content (AvgIpc) is 2.77. The van der Waals surface area contributed by atoms with E-state index in [0.717, 1.165) is 11.1 Å². The molecule has 1 saturated heterocycles. The van der Waals surface area contributed by atoms with E-state index in [1.165, 1.54) is 0 Å². The molecule has 2 aromatic rings. The lowest BCUT2D eigenvalue weighted by Gasteiger charge is -2.55.